The lowest BCUT2D eigenvalue weighted by Crippen LogP contribution is -2.36. The van der Waals surface area contributed by atoms with Crippen LogP contribution < -0.4 is 0 Å². The topological polar surface area (TPSA) is 118 Å². The van der Waals surface area contributed by atoms with Crippen LogP contribution in [-0.2, 0) is 19.6 Å². The lowest BCUT2D eigenvalue weighted by molar-refractivity contribution is -0.145. The molecule has 1 aliphatic rings. The van der Waals surface area contributed by atoms with Crippen molar-refractivity contribution in [3.05, 3.63) is 118 Å². The zero-order valence-corrected chi connectivity index (χ0v) is 24.9. The Morgan fingerprint density at radius 3 is 1.98 bits per heavy atom. The number of halogens is 1. The lowest BCUT2D eigenvalue weighted by atomic mass is 9.98. The number of aliphatic carboxylic acids is 1. The molecule has 0 unspecified atom stereocenters. The molecular weight excluding hydrogens is 578 g/mol. The molecule has 0 bridgehead atoms. The van der Waals surface area contributed by atoms with Crippen molar-refractivity contribution in [3.63, 3.8) is 0 Å². The Morgan fingerprint density at radius 2 is 1.36 bits per heavy atom. The first kappa shape index (κ1) is 30.5. The molecule has 0 saturated heterocycles. The van der Waals surface area contributed by atoms with E-state index in [0.717, 1.165) is 15.1 Å². The van der Waals surface area contributed by atoms with E-state index >= 15 is 0 Å². The minimum Gasteiger partial charge on any atom is -0.481 e. The number of carbonyl (C=O) groups excluding carboxylic acids is 2. The molecule has 0 atom stereocenters. The number of hydrogen-bond acceptors (Lipinski definition) is 6. The molecule has 0 amide bonds. The van der Waals surface area contributed by atoms with Gasteiger partial charge in [-0.3, -0.25) is 13.9 Å². The van der Waals surface area contributed by atoms with Crippen LogP contribution in [0, 0.1) is 5.41 Å². The second-order valence-corrected chi connectivity index (χ2v) is 12.9. The van der Waals surface area contributed by atoms with Gasteiger partial charge in [0.25, 0.3) is 10.0 Å². The molecule has 1 N–H and O–H groups in total. The molecular formula is C32H28ClNO7S. The molecule has 0 aromatic heterocycles. The average molecular weight is 606 g/mol. The normalized spacial score (nSPS) is 14.0. The monoisotopic (exact) mass is 605 g/mol. The molecule has 4 aromatic rings. The van der Waals surface area contributed by atoms with Gasteiger partial charge < -0.3 is 9.84 Å². The summed E-state index contributed by atoms with van der Waals surface area (Å²) in [5.41, 5.74) is -0.230. The molecule has 0 radical (unpaired) electrons. The van der Waals surface area contributed by atoms with Crippen molar-refractivity contribution in [1.82, 2.24) is 4.31 Å². The SMILES string of the molecule is CC(C)(C)C(=O)O.CN1C(C(=O)c2ccc3ccccc3c2)=C(OC(=O)c2ccc(Cl)cc2)c2ccccc2S1(=O)=O. The largest absolute Gasteiger partial charge is 0.481 e. The van der Waals surface area contributed by atoms with Gasteiger partial charge in [0.2, 0.25) is 5.78 Å². The Hall–Kier alpha value is -4.47. The Balaban J connectivity index is 0.000000517. The van der Waals surface area contributed by atoms with Crippen molar-refractivity contribution in [1.29, 1.82) is 0 Å². The maximum absolute atomic E-state index is 13.8. The first-order chi connectivity index (χ1) is 19.7. The van der Waals surface area contributed by atoms with Crippen molar-refractivity contribution in [2.75, 3.05) is 7.05 Å². The highest BCUT2D eigenvalue weighted by molar-refractivity contribution is 7.89. The van der Waals surface area contributed by atoms with Crippen molar-refractivity contribution in [3.8, 4) is 0 Å². The van der Waals surface area contributed by atoms with Crippen LogP contribution in [0.3, 0.4) is 0 Å². The molecule has 4 aromatic carbocycles. The second-order valence-electron chi connectivity index (χ2n) is 10.5. The summed E-state index contributed by atoms with van der Waals surface area (Å²) in [5.74, 6) is -2.22. The Kier molecular flexibility index (Phi) is 8.56. The number of rotatable bonds is 4. The summed E-state index contributed by atoms with van der Waals surface area (Å²) in [4.78, 5) is 36.7. The number of esters is 1. The third-order valence-electron chi connectivity index (χ3n) is 6.44. The van der Waals surface area contributed by atoms with Crippen LogP contribution in [0.5, 0.6) is 0 Å². The Bertz CT molecular complexity index is 1840. The average Bonchev–Trinajstić information content (AvgIpc) is 2.96. The number of nitrogens with zero attached hydrogens (tertiary/aromatic N) is 1. The fourth-order valence-corrected chi connectivity index (χ4v) is 5.49. The second kappa shape index (κ2) is 11.8. The number of carboxylic acid groups (broad SMARTS) is 1. The van der Waals surface area contributed by atoms with Crippen molar-refractivity contribution in [2.24, 2.45) is 5.41 Å². The zero-order chi connectivity index (χ0) is 30.8. The fourth-order valence-electron chi connectivity index (χ4n) is 3.97. The predicted octanol–water partition coefficient (Wildman–Crippen LogP) is 6.65. The van der Waals surface area contributed by atoms with E-state index in [1.807, 2.05) is 24.3 Å². The summed E-state index contributed by atoms with van der Waals surface area (Å²) in [6, 6.07) is 24.8. The number of ether oxygens (including phenoxy) is 1. The van der Waals surface area contributed by atoms with Gasteiger partial charge in [-0.1, -0.05) is 60.1 Å². The van der Waals surface area contributed by atoms with Gasteiger partial charge in [0.05, 0.1) is 15.9 Å². The quantitative estimate of drug-likeness (QED) is 0.204. The number of carbonyl (C=O) groups is 3. The Morgan fingerprint density at radius 1 is 0.810 bits per heavy atom. The van der Waals surface area contributed by atoms with Gasteiger partial charge in [-0.25, -0.2) is 13.2 Å². The van der Waals surface area contributed by atoms with Gasteiger partial charge >= 0.3 is 11.9 Å². The van der Waals surface area contributed by atoms with E-state index in [-0.39, 0.29) is 33.0 Å². The van der Waals surface area contributed by atoms with E-state index in [1.165, 1.54) is 31.3 Å². The predicted molar refractivity (Wildman–Crippen MR) is 161 cm³/mol. The molecule has 5 rings (SSSR count). The van der Waals surface area contributed by atoms with E-state index in [2.05, 4.69) is 0 Å². The van der Waals surface area contributed by atoms with E-state index in [0.29, 0.717) is 5.02 Å². The lowest BCUT2D eigenvalue weighted by Gasteiger charge is -2.30. The minimum absolute atomic E-state index is 0.0588. The zero-order valence-electron chi connectivity index (χ0n) is 23.3. The van der Waals surface area contributed by atoms with Crippen LogP contribution >= 0.6 is 11.6 Å². The van der Waals surface area contributed by atoms with Gasteiger partial charge in [0, 0.05) is 23.2 Å². The van der Waals surface area contributed by atoms with Crippen LogP contribution in [0.25, 0.3) is 16.5 Å². The number of benzene rings is 4. The number of fused-ring (bicyclic) bond motifs is 2. The number of likely N-dealkylation sites (N-methyl/N-ethyl adjacent to an activating group) is 1. The fraction of sp³-hybridized carbons (Fsp3) is 0.156. The third-order valence-corrected chi connectivity index (χ3v) is 8.51. The summed E-state index contributed by atoms with van der Waals surface area (Å²) < 4.78 is 33.2. The van der Waals surface area contributed by atoms with Crippen molar-refractivity contribution in [2.45, 2.75) is 25.7 Å². The molecule has 42 heavy (non-hydrogen) atoms. The van der Waals surface area contributed by atoms with Crippen LogP contribution in [0.15, 0.2) is 102 Å². The van der Waals surface area contributed by atoms with Crippen LogP contribution in [-0.4, -0.2) is 42.6 Å². The summed E-state index contributed by atoms with van der Waals surface area (Å²) in [6.45, 7) is 4.99. The van der Waals surface area contributed by atoms with Gasteiger partial charge in [-0.2, -0.15) is 0 Å². The maximum Gasteiger partial charge on any atom is 0.343 e. The highest BCUT2D eigenvalue weighted by Crippen LogP contribution is 2.38. The highest BCUT2D eigenvalue weighted by Gasteiger charge is 2.40. The molecule has 1 aliphatic heterocycles. The molecule has 0 aliphatic carbocycles. The summed E-state index contributed by atoms with van der Waals surface area (Å²) in [5, 5.41) is 10.4. The summed E-state index contributed by atoms with van der Waals surface area (Å²) >= 11 is 5.92. The summed E-state index contributed by atoms with van der Waals surface area (Å²) in [6.07, 6.45) is 0. The van der Waals surface area contributed by atoms with Gasteiger partial charge in [0.15, 0.2) is 5.76 Å². The molecule has 216 valence electrons. The molecule has 1 heterocycles. The maximum atomic E-state index is 13.8. The van der Waals surface area contributed by atoms with E-state index in [9.17, 15) is 22.8 Å². The van der Waals surface area contributed by atoms with Gasteiger partial charge in [-0.15, -0.1) is 0 Å². The number of Topliss-reactive ketones (excluding diaryl/α,β-unsaturated/α-hetero) is 1. The van der Waals surface area contributed by atoms with E-state index in [4.69, 9.17) is 21.4 Å². The number of hydrogen-bond donors (Lipinski definition) is 1. The minimum atomic E-state index is -4.06. The molecule has 0 fully saturated rings. The van der Waals surface area contributed by atoms with Crippen LogP contribution in [0.2, 0.25) is 5.02 Å². The summed E-state index contributed by atoms with van der Waals surface area (Å²) in [7, 11) is -2.79. The van der Waals surface area contributed by atoms with Crippen molar-refractivity contribution >= 4 is 55.9 Å². The standard InChI is InChI=1S/C27H18ClNO5S.C5H10O2/c1-29-24(25(30)20-11-10-17-6-2-3-7-19(17)16-20)26(22-8-4-5-9-23(22)35(29,32)33)34-27(31)18-12-14-21(28)15-13-18;1-5(2,3)4(6)7/h2-16H,1H3;1-3H3,(H,6,7). The first-order valence-corrected chi connectivity index (χ1v) is 14.6. The Labute approximate surface area is 248 Å². The van der Waals surface area contributed by atoms with Crippen molar-refractivity contribution < 1.29 is 32.6 Å². The molecule has 0 saturated carbocycles. The molecule has 8 nitrogen and oxygen atoms in total. The van der Waals surface area contributed by atoms with E-state index in [1.54, 1.807) is 63.2 Å². The number of sulfonamides is 1. The van der Waals surface area contributed by atoms with Crippen LogP contribution in [0.1, 0.15) is 47.1 Å². The number of allylic oxidation sites excluding steroid dienone is 1. The molecule has 0 spiro atoms. The molecule has 10 heteroatoms. The van der Waals surface area contributed by atoms with Gasteiger partial charge in [-0.05, 0) is 74.0 Å². The highest BCUT2D eigenvalue weighted by atomic mass is 35.5. The van der Waals surface area contributed by atoms with Crippen LogP contribution in [0.4, 0.5) is 0 Å². The van der Waals surface area contributed by atoms with Gasteiger partial charge in [0.1, 0.15) is 5.70 Å². The first-order valence-electron chi connectivity index (χ1n) is 12.8. The van der Waals surface area contributed by atoms with E-state index < -0.39 is 33.2 Å². The third kappa shape index (κ3) is 6.22. The number of ketones is 1. The number of carboxylic acids is 1. The smallest absolute Gasteiger partial charge is 0.343 e.